The van der Waals surface area contributed by atoms with Crippen LogP contribution < -0.4 is 14.2 Å². The average molecular weight is 432 g/mol. The summed E-state index contributed by atoms with van der Waals surface area (Å²) < 4.78 is 45.1. The van der Waals surface area contributed by atoms with Gasteiger partial charge >= 0.3 is 0 Å². The fraction of sp³-hybridized carbons (Fsp3) is 0.381. The number of carbonyl (C=O) groups excluding carboxylic acids is 1. The summed E-state index contributed by atoms with van der Waals surface area (Å²) in [6, 6.07) is 9.82. The molecule has 1 saturated heterocycles. The Morgan fingerprint density at radius 3 is 2.63 bits per heavy atom. The SMILES string of the molecule is Cc1cccc(NS(=O)(=O)c2ccc3c(c2)OC[C@H](C(=O)N2CCOCC2)O3)c1C. The summed E-state index contributed by atoms with van der Waals surface area (Å²) in [7, 11) is -3.81. The maximum Gasteiger partial charge on any atom is 0.267 e. The van der Waals surface area contributed by atoms with E-state index in [0.29, 0.717) is 43.5 Å². The quantitative estimate of drug-likeness (QED) is 0.795. The van der Waals surface area contributed by atoms with Gasteiger partial charge in [-0.25, -0.2) is 8.42 Å². The monoisotopic (exact) mass is 432 g/mol. The number of hydrogen-bond acceptors (Lipinski definition) is 6. The highest BCUT2D eigenvalue weighted by Crippen LogP contribution is 2.35. The molecule has 2 aliphatic rings. The van der Waals surface area contributed by atoms with Gasteiger partial charge in [0.25, 0.3) is 15.9 Å². The van der Waals surface area contributed by atoms with E-state index in [0.717, 1.165) is 11.1 Å². The molecule has 1 atom stereocenters. The Labute approximate surface area is 175 Å². The Morgan fingerprint density at radius 1 is 1.10 bits per heavy atom. The van der Waals surface area contributed by atoms with Crippen LogP contribution in [-0.2, 0) is 19.6 Å². The van der Waals surface area contributed by atoms with Crippen LogP contribution in [0.5, 0.6) is 11.5 Å². The summed E-state index contributed by atoms with van der Waals surface area (Å²) in [6.07, 6.45) is -0.758. The molecular formula is C21H24N2O6S. The average Bonchev–Trinajstić information content (AvgIpc) is 2.76. The molecule has 30 heavy (non-hydrogen) atoms. The number of fused-ring (bicyclic) bond motifs is 1. The van der Waals surface area contributed by atoms with Crippen LogP contribution in [0.3, 0.4) is 0 Å². The van der Waals surface area contributed by atoms with Gasteiger partial charge in [0.15, 0.2) is 11.5 Å². The molecule has 2 aromatic rings. The van der Waals surface area contributed by atoms with Gasteiger partial charge in [0.05, 0.1) is 23.8 Å². The smallest absolute Gasteiger partial charge is 0.267 e. The second kappa shape index (κ2) is 8.16. The Balaban J connectivity index is 1.51. The summed E-state index contributed by atoms with van der Waals surface area (Å²) in [5, 5.41) is 0. The summed E-state index contributed by atoms with van der Waals surface area (Å²) in [6.45, 7) is 5.86. The van der Waals surface area contributed by atoms with Gasteiger partial charge in [-0.15, -0.1) is 0 Å². The molecular weight excluding hydrogens is 408 g/mol. The van der Waals surface area contributed by atoms with Crippen molar-refractivity contribution in [2.75, 3.05) is 37.6 Å². The molecule has 0 saturated carbocycles. The van der Waals surface area contributed by atoms with Gasteiger partial charge in [-0.2, -0.15) is 0 Å². The molecule has 0 bridgehead atoms. The molecule has 2 aromatic carbocycles. The second-order valence-electron chi connectivity index (χ2n) is 7.32. The van der Waals surface area contributed by atoms with Crippen LogP contribution in [0.2, 0.25) is 0 Å². The van der Waals surface area contributed by atoms with E-state index in [1.165, 1.54) is 18.2 Å². The number of morpholine rings is 1. The predicted molar refractivity (Wildman–Crippen MR) is 110 cm³/mol. The van der Waals surface area contributed by atoms with Gasteiger partial charge in [0.1, 0.15) is 6.61 Å². The van der Waals surface area contributed by atoms with Crippen LogP contribution in [0, 0.1) is 13.8 Å². The molecule has 1 fully saturated rings. The molecule has 9 heteroatoms. The molecule has 2 heterocycles. The van der Waals surface area contributed by atoms with Crippen molar-refractivity contribution in [1.82, 2.24) is 4.90 Å². The molecule has 0 unspecified atom stereocenters. The first kappa shape index (κ1) is 20.5. The Morgan fingerprint density at radius 2 is 1.87 bits per heavy atom. The first-order valence-electron chi connectivity index (χ1n) is 9.74. The van der Waals surface area contributed by atoms with E-state index in [1.807, 2.05) is 19.9 Å². The van der Waals surface area contributed by atoms with Gasteiger partial charge in [0.2, 0.25) is 6.10 Å². The van der Waals surface area contributed by atoms with E-state index in [9.17, 15) is 13.2 Å². The fourth-order valence-electron chi connectivity index (χ4n) is 3.39. The minimum absolute atomic E-state index is 0.0249. The van der Waals surface area contributed by atoms with Crippen molar-refractivity contribution in [3.63, 3.8) is 0 Å². The summed E-state index contributed by atoms with van der Waals surface area (Å²) in [5.41, 5.74) is 2.39. The van der Waals surface area contributed by atoms with Crippen molar-refractivity contribution < 1.29 is 27.4 Å². The topological polar surface area (TPSA) is 94.2 Å². The summed E-state index contributed by atoms with van der Waals surface area (Å²) in [5.74, 6) is 0.487. The third kappa shape index (κ3) is 4.08. The first-order chi connectivity index (χ1) is 14.3. The van der Waals surface area contributed by atoms with Crippen molar-refractivity contribution in [3.05, 3.63) is 47.5 Å². The van der Waals surface area contributed by atoms with Crippen LogP contribution in [0.25, 0.3) is 0 Å². The zero-order valence-corrected chi connectivity index (χ0v) is 17.7. The number of amides is 1. The van der Waals surface area contributed by atoms with Crippen molar-refractivity contribution >= 4 is 21.6 Å². The summed E-state index contributed by atoms with van der Waals surface area (Å²) in [4.78, 5) is 14.4. The highest BCUT2D eigenvalue weighted by molar-refractivity contribution is 7.92. The maximum atomic E-state index is 12.8. The van der Waals surface area contributed by atoms with E-state index < -0.39 is 16.1 Å². The molecule has 2 aliphatic heterocycles. The van der Waals surface area contributed by atoms with Crippen molar-refractivity contribution in [3.8, 4) is 11.5 Å². The lowest BCUT2D eigenvalue weighted by atomic mass is 10.1. The van der Waals surface area contributed by atoms with Crippen LogP contribution in [-0.4, -0.2) is 58.2 Å². The standard InChI is InChI=1S/C21H24N2O6S/c1-14-4-3-5-17(15(14)2)22-30(25,26)16-6-7-18-19(12-16)28-13-20(29-18)21(24)23-8-10-27-11-9-23/h3-7,12,20,22H,8-11,13H2,1-2H3/t20-/m1/s1. The highest BCUT2D eigenvalue weighted by atomic mass is 32.2. The first-order valence-corrected chi connectivity index (χ1v) is 11.2. The number of ether oxygens (including phenoxy) is 3. The Hall–Kier alpha value is -2.78. The van der Waals surface area contributed by atoms with Gasteiger partial charge < -0.3 is 19.1 Å². The molecule has 160 valence electrons. The molecule has 1 amide bonds. The number of aryl methyl sites for hydroxylation is 1. The van der Waals surface area contributed by atoms with Crippen LogP contribution in [0.1, 0.15) is 11.1 Å². The lowest BCUT2D eigenvalue weighted by Crippen LogP contribution is -2.50. The molecule has 8 nitrogen and oxygen atoms in total. The van der Waals surface area contributed by atoms with Gasteiger partial charge in [-0.1, -0.05) is 12.1 Å². The van der Waals surface area contributed by atoms with Crippen LogP contribution >= 0.6 is 0 Å². The number of sulfonamides is 1. The normalized spacial score (nSPS) is 18.7. The Bertz CT molecular complexity index is 1060. The molecule has 0 aromatic heterocycles. The predicted octanol–water partition coefficient (Wildman–Crippen LogP) is 2.10. The van der Waals surface area contributed by atoms with Crippen molar-refractivity contribution in [2.24, 2.45) is 0 Å². The van der Waals surface area contributed by atoms with Crippen LogP contribution in [0.15, 0.2) is 41.3 Å². The summed E-state index contributed by atoms with van der Waals surface area (Å²) >= 11 is 0. The van der Waals surface area contributed by atoms with Crippen molar-refractivity contribution in [1.29, 1.82) is 0 Å². The lowest BCUT2D eigenvalue weighted by molar-refractivity contribution is -0.145. The Kier molecular flexibility index (Phi) is 5.57. The van der Waals surface area contributed by atoms with E-state index in [-0.39, 0.29) is 17.4 Å². The number of nitrogens with one attached hydrogen (secondary N) is 1. The third-order valence-electron chi connectivity index (χ3n) is 5.33. The zero-order chi connectivity index (χ0) is 21.3. The largest absolute Gasteiger partial charge is 0.485 e. The fourth-order valence-corrected chi connectivity index (χ4v) is 4.53. The van der Waals surface area contributed by atoms with E-state index in [2.05, 4.69) is 4.72 Å². The third-order valence-corrected chi connectivity index (χ3v) is 6.70. The second-order valence-corrected chi connectivity index (χ2v) is 9.00. The molecule has 0 aliphatic carbocycles. The van der Waals surface area contributed by atoms with E-state index >= 15 is 0 Å². The molecule has 0 spiro atoms. The molecule has 0 radical (unpaired) electrons. The highest BCUT2D eigenvalue weighted by Gasteiger charge is 2.32. The molecule has 1 N–H and O–H groups in total. The zero-order valence-electron chi connectivity index (χ0n) is 16.9. The van der Waals surface area contributed by atoms with E-state index in [1.54, 1.807) is 17.0 Å². The minimum Gasteiger partial charge on any atom is -0.485 e. The molecule has 4 rings (SSSR count). The number of rotatable bonds is 4. The van der Waals surface area contributed by atoms with E-state index in [4.69, 9.17) is 14.2 Å². The lowest BCUT2D eigenvalue weighted by Gasteiger charge is -2.32. The minimum atomic E-state index is -3.81. The van der Waals surface area contributed by atoms with Crippen molar-refractivity contribution in [2.45, 2.75) is 24.8 Å². The number of hydrogen-bond donors (Lipinski definition) is 1. The number of carbonyl (C=O) groups is 1. The van der Waals surface area contributed by atoms with Gasteiger partial charge in [-0.05, 0) is 43.2 Å². The van der Waals surface area contributed by atoms with Gasteiger partial charge in [-0.3, -0.25) is 9.52 Å². The van der Waals surface area contributed by atoms with Crippen LogP contribution in [0.4, 0.5) is 5.69 Å². The maximum absolute atomic E-state index is 12.8. The number of benzene rings is 2. The number of nitrogens with zero attached hydrogens (tertiary/aromatic N) is 1. The number of anilines is 1. The van der Waals surface area contributed by atoms with Gasteiger partial charge in [0, 0.05) is 19.2 Å².